The summed E-state index contributed by atoms with van der Waals surface area (Å²) >= 11 is 11.8. The summed E-state index contributed by atoms with van der Waals surface area (Å²) in [6.45, 7) is 10.5. The lowest BCUT2D eigenvalue weighted by Crippen LogP contribution is -2.37. The van der Waals surface area contributed by atoms with Gasteiger partial charge in [-0.3, -0.25) is 19.2 Å². The lowest BCUT2D eigenvalue weighted by atomic mass is 10.1. The largest absolute Gasteiger partial charge is 0.378 e. The van der Waals surface area contributed by atoms with Crippen LogP contribution >= 0.6 is 23.2 Å². The number of ether oxygens (including phenoxy) is 2. The van der Waals surface area contributed by atoms with Crippen LogP contribution in [0.25, 0.3) is 21.8 Å². The summed E-state index contributed by atoms with van der Waals surface area (Å²) in [5.41, 5.74) is 5.96. The quantitative estimate of drug-likeness (QED) is 0.167. The second-order valence-corrected chi connectivity index (χ2v) is 15.1. The first-order valence-corrected chi connectivity index (χ1v) is 20.4. The molecule has 6 aromatic rings. The minimum atomic E-state index is -0.210. The molecule has 0 atom stereocenters. The molecular weight excluding hydrogens is 791 g/mol. The Hall–Kier alpha value is -5.66. The number of aromatic nitrogens is 2. The minimum Gasteiger partial charge on any atom is -0.378 e. The van der Waals surface area contributed by atoms with Gasteiger partial charge in [0.15, 0.2) is 0 Å². The number of amides is 2. The van der Waals surface area contributed by atoms with Crippen LogP contribution in [0.15, 0.2) is 107 Å². The number of benzene rings is 4. The highest BCUT2D eigenvalue weighted by Gasteiger charge is 2.21. The van der Waals surface area contributed by atoms with Gasteiger partial charge in [-0.1, -0.05) is 23.2 Å². The van der Waals surface area contributed by atoms with Crippen molar-refractivity contribution in [2.24, 2.45) is 0 Å². The third-order valence-corrected chi connectivity index (χ3v) is 11.1. The Bertz CT molecular complexity index is 2600. The molecule has 2 amide bonds. The van der Waals surface area contributed by atoms with Crippen LogP contribution in [-0.4, -0.2) is 80.6 Å². The van der Waals surface area contributed by atoms with E-state index < -0.39 is 0 Å². The molecule has 14 heteroatoms. The van der Waals surface area contributed by atoms with Crippen LogP contribution in [0.4, 0.5) is 22.7 Å². The predicted molar refractivity (Wildman–Crippen MR) is 237 cm³/mol. The van der Waals surface area contributed by atoms with Crippen molar-refractivity contribution in [2.45, 2.75) is 26.9 Å². The fraction of sp³-hybridized carbons (Fsp3) is 0.289. The van der Waals surface area contributed by atoms with Crippen LogP contribution in [0.2, 0.25) is 10.0 Å². The summed E-state index contributed by atoms with van der Waals surface area (Å²) in [4.78, 5) is 56.8. The van der Waals surface area contributed by atoms with Gasteiger partial charge in [-0.25, -0.2) is 0 Å². The highest BCUT2D eigenvalue weighted by atomic mass is 35.5. The van der Waals surface area contributed by atoms with E-state index in [2.05, 4.69) is 15.1 Å². The number of rotatable bonds is 8. The van der Waals surface area contributed by atoms with E-state index in [1.54, 1.807) is 81.7 Å². The maximum absolute atomic E-state index is 13.0. The first kappa shape index (κ1) is 41.5. The van der Waals surface area contributed by atoms with E-state index in [0.29, 0.717) is 66.4 Å². The average Bonchev–Trinajstić information content (AvgIpc) is 3.26. The van der Waals surface area contributed by atoms with Crippen molar-refractivity contribution in [3.63, 3.8) is 0 Å². The highest BCUT2D eigenvalue weighted by molar-refractivity contribution is 6.31. The zero-order valence-corrected chi connectivity index (χ0v) is 34.8. The van der Waals surface area contributed by atoms with Crippen molar-refractivity contribution in [3.05, 3.63) is 139 Å². The molecule has 0 bridgehead atoms. The maximum Gasteiger partial charge on any atom is 0.258 e. The number of anilines is 4. The molecule has 0 spiro atoms. The summed E-state index contributed by atoms with van der Waals surface area (Å²) in [6.07, 6.45) is 0. The lowest BCUT2D eigenvalue weighted by Gasteiger charge is -2.30. The van der Waals surface area contributed by atoms with Gasteiger partial charge in [0.25, 0.3) is 22.9 Å². The topological polar surface area (TPSA) is 118 Å². The van der Waals surface area contributed by atoms with Gasteiger partial charge >= 0.3 is 0 Å². The minimum absolute atomic E-state index is 0.0233. The van der Waals surface area contributed by atoms with Crippen molar-refractivity contribution in [3.8, 4) is 0 Å². The van der Waals surface area contributed by atoms with E-state index in [-0.39, 0.29) is 22.9 Å². The van der Waals surface area contributed by atoms with Gasteiger partial charge in [0.05, 0.1) is 48.8 Å². The molecular formula is C45H46Cl2N6O6. The SMILES string of the molecule is CCn1c(=O)cc(N2CCOCC2)c2cc(N(C)C(=O)c3ccc(Cl)cc3)ccc21.CCn1c(=O)cc(N2CCOCC2)c2cc(NC(=O)c3ccc(Cl)cc3)ccc21. The number of morpholine rings is 2. The van der Waals surface area contributed by atoms with Crippen LogP contribution < -0.4 is 31.1 Å². The molecule has 2 saturated heterocycles. The van der Waals surface area contributed by atoms with E-state index >= 15 is 0 Å². The van der Waals surface area contributed by atoms with Crippen LogP contribution in [0.1, 0.15) is 34.6 Å². The molecule has 4 heterocycles. The summed E-state index contributed by atoms with van der Waals surface area (Å²) in [5, 5.41) is 6.00. The molecule has 2 fully saturated rings. The molecule has 2 aliphatic rings. The van der Waals surface area contributed by atoms with Gasteiger partial charge in [-0.15, -0.1) is 0 Å². The van der Waals surface area contributed by atoms with Gasteiger partial charge in [0.1, 0.15) is 0 Å². The number of carbonyl (C=O) groups is 2. The number of pyridine rings is 2. The summed E-state index contributed by atoms with van der Waals surface area (Å²) < 4.78 is 14.4. The van der Waals surface area contributed by atoms with Crippen molar-refractivity contribution in [1.29, 1.82) is 0 Å². The normalized spacial score (nSPS) is 14.2. The summed E-state index contributed by atoms with van der Waals surface area (Å²) in [5.74, 6) is -0.333. The molecule has 0 aliphatic carbocycles. The molecule has 1 N–H and O–H groups in total. The number of halogens is 2. The van der Waals surface area contributed by atoms with Crippen molar-refractivity contribution in [2.75, 3.05) is 79.7 Å². The number of nitrogens with one attached hydrogen (secondary N) is 1. The third-order valence-electron chi connectivity index (χ3n) is 10.6. The Morgan fingerprint density at radius 3 is 1.58 bits per heavy atom. The molecule has 0 saturated carbocycles. The molecule has 0 unspecified atom stereocenters. The first-order valence-electron chi connectivity index (χ1n) is 19.7. The molecule has 59 heavy (non-hydrogen) atoms. The van der Waals surface area contributed by atoms with Crippen molar-refractivity contribution in [1.82, 2.24) is 9.13 Å². The number of nitrogens with zero attached hydrogens (tertiary/aromatic N) is 5. The zero-order valence-electron chi connectivity index (χ0n) is 33.3. The second-order valence-electron chi connectivity index (χ2n) is 14.2. The lowest BCUT2D eigenvalue weighted by molar-refractivity contribution is 0.0991. The van der Waals surface area contributed by atoms with Crippen LogP contribution in [0, 0.1) is 0 Å². The van der Waals surface area contributed by atoms with Gasteiger partial charge in [0.2, 0.25) is 0 Å². The third kappa shape index (κ3) is 9.16. The fourth-order valence-corrected chi connectivity index (χ4v) is 7.75. The Labute approximate surface area is 352 Å². The number of aryl methyl sites for hydroxylation is 2. The van der Waals surface area contributed by atoms with Crippen LogP contribution in [0.3, 0.4) is 0 Å². The first-order chi connectivity index (χ1) is 28.6. The smallest absolute Gasteiger partial charge is 0.258 e. The average molecular weight is 838 g/mol. The van der Waals surface area contributed by atoms with Crippen molar-refractivity contribution < 1.29 is 19.1 Å². The number of carbonyl (C=O) groups excluding carboxylic acids is 2. The number of fused-ring (bicyclic) bond motifs is 2. The molecule has 2 aliphatic heterocycles. The van der Waals surface area contributed by atoms with Crippen LogP contribution in [-0.2, 0) is 22.6 Å². The number of hydrogen-bond acceptors (Lipinski definition) is 8. The molecule has 0 radical (unpaired) electrons. The van der Waals surface area contributed by atoms with E-state index in [0.717, 1.165) is 65.0 Å². The number of hydrogen-bond donors (Lipinski definition) is 1. The predicted octanol–water partition coefficient (Wildman–Crippen LogP) is 7.55. The summed E-state index contributed by atoms with van der Waals surface area (Å²) in [7, 11) is 1.75. The Balaban J connectivity index is 0.000000179. The molecule has 2 aromatic heterocycles. The van der Waals surface area contributed by atoms with Crippen molar-refractivity contribution >= 4 is 79.6 Å². The van der Waals surface area contributed by atoms with E-state index in [1.807, 2.05) is 50.2 Å². The maximum atomic E-state index is 13.0. The van der Waals surface area contributed by atoms with Crippen LogP contribution in [0.5, 0.6) is 0 Å². The Kier molecular flexibility index (Phi) is 13.0. The zero-order chi connectivity index (χ0) is 41.6. The second kappa shape index (κ2) is 18.5. The summed E-state index contributed by atoms with van der Waals surface area (Å²) in [6, 6.07) is 28.4. The van der Waals surface area contributed by atoms with Gasteiger partial charge in [0, 0.05) is 102 Å². The Morgan fingerprint density at radius 2 is 1.08 bits per heavy atom. The fourth-order valence-electron chi connectivity index (χ4n) is 7.50. The van der Waals surface area contributed by atoms with E-state index in [4.69, 9.17) is 32.7 Å². The van der Waals surface area contributed by atoms with Gasteiger partial charge in [-0.2, -0.15) is 0 Å². The molecule has 8 rings (SSSR count). The molecule has 12 nitrogen and oxygen atoms in total. The van der Waals surface area contributed by atoms with E-state index in [9.17, 15) is 19.2 Å². The van der Waals surface area contributed by atoms with Gasteiger partial charge in [-0.05, 0) is 98.8 Å². The van der Waals surface area contributed by atoms with E-state index in [1.165, 1.54) is 0 Å². The molecule has 306 valence electrons. The standard InChI is InChI=1S/C23H24ClN3O3.C22H22ClN3O3/c1-3-27-20-9-8-18(25(2)23(29)16-4-6-17(24)7-5-16)14-19(20)21(15-22(27)28)26-10-12-30-13-11-26;1-2-26-19-8-7-17(24-22(28)15-3-5-16(23)6-4-15)13-18(19)20(14-21(26)27)25-9-11-29-12-10-25/h4-9,14-15H,3,10-13H2,1-2H3;3-8,13-14H,2,9-12H2,1H3,(H,24,28). The Morgan fingerprint density at radius 1 is 0.627 bits per heavy atom. The molecule has 4 aromatic carbocycles. The van der Waals surface area contributed by atoms with Gasteiger partial charge < -0.3 is 38.6 Å². The monoisotopic (exact) mass is 836 g/mol. The highest BCUT2D eigenvalue weighted by Crippen LogP contribution is 2.31.